The number of aliphatic hydroxyl groups is 1. The number of carbonyl (C=O) groups excluding carboxylic acids is 2. The molecule has 1 aliphatic heterocycles. The molecule has 12 nitrogen and oxygen atoms in total. The quantitative estimate of drug-likeness (QED) is 0.163. The third kappa shape index (κ3) is 7.64. The zero-order valence-electron chi connectivity index (χ0n) is 25.9. The van der Waals surface area contributed by atoms with Crippen LogP contribution >= 0.6 is 11.6 Å². The number of aromatic nitrogens is 2. The van der Waals surface area contributed by atoms with E-state index < -0.39 is 36.2 Å². The van der Waals surface area contributed by atoms with E-state index in [-0.39, 0.29) is 30.9 Å². The number of hydrogen-bond acceptors (Lipinski definition) is 9. The van der Waals surface area contributed by atoms with Crippen molar-refractivity contribution in [2.45, 2.75) is 38.3 Å². The summed E-state index contributed by atoms with van der Waals surface area (Å²) in [5.41, 5.74) is 4.85. The first-order chi connectivity index (χ1) is 22.6. The molecule has 1 aliphatic rings. The van der Waals surface area contributed by atoms with Crippen LogP contribution in [0.5, 0.6) is 0 Å². The number of nitrogens with zero attached hydrogens (tertiary/aromatic N) is 3. The predicted molar refractivity (Wildman–Crippen MR) is 175 cm³/mol. The Morgan fingerprint density at radius 2 is 1.53 bits per heavy atom. The van der Waals surface area contributed by atoms with Crippen LogP contribution in [0.4, 0.5) is 11.4 Å². The topological polar surface area (TPSA) is 163 Å². The molecule has 47 heavy (non-hydrogen) atoms. The molecule has 13 heteroatoms. The number of amides is 2. The molecular weight excluding hydrogens is 626 g/mol. The number of halogens is 1. The van der Waals surface area contributed by atoms with Gasteiger partial charge in [-0.25, -0.2) is 0 Å². The fraction of sp³-hybridized carbons (Fsp3) is 0.265. The number of aliphatic hydroxyl groups excluding tert-OH is 1. The van der Waals surface area contributed by atoms with E-state index in [1.807, 2.05) is 19.1 Å². The Kier molecular flexibility index (Phi) is 10.6. The lowest BCUT2D eigenvalue weighted by atomic mass is 9.98. The van der Waals surface area contributed by atoms with Gasteiger partial charge in [-0.1, -0.05) is 48.0 Å². The van der Waals surface area contributed by atoms with Gasteiger partial charge in [-0.15, -0.1) is 0 Å². The lowest BCUT2D eigenvalue weighted by molar-refractivity contribution is -0.142. The smallest absolute Gasteiger partial charge is 0.321 e. The van der Waals surface area contributed by atoms with Crippen molar-refractivity contribution in [3.8, 4) is 11.1 Å². The van der Waals surface area contributed by atoms with Crippen molar-refractivity contribution in [1.29, 1.82) is 0 Å². The van der Waals surface area contributed by atoms with Crippen LogP contribution in [0.2, 0.25) is 5.02 Å². The van der Waals surface area contributed by atoms with E-state index in [9.17, 15) is 24.6 Å². The van der Waals surface area contributed by atoms with E-state index in [1.54, 1.807) is 53.4 Å². The Morgan fingerprint density at radius 3 is 2.13 bits per heavy atom. The lowest BCUT2D eigenvalue weighted by Gasteiger charge is -2.20. The molecule has 2 atom stereocenters. The molecule has 2 aromatic heterocycles. The molecule has 0 radical (unpaired) electrons. The van der Waals surface area contributed by atoms with Crippen LogP contribution in [0.3, 0.4) is 0 Å². The maximum Gasteiger partial charge on any atom is 0.321 e. The first-order valence-electron chi connectivity index (χ1n) is 14.7. The highest BCUT2D eigenvalue weighted by molar-refractivity contribution is 6.36. The van der Waals surface area contributed by atoms with E-state index in [1.165, 1.54) is 26.6 Å². The van der Waals surface area contributed by atoms with E-state index in [2.05, 4.69) is 20.6 Å². The standard InChI is InChI=1S/C34H34ClN5O7/c1-19-23(6-4-8-25(19)38-31(42)28-13-11-21(16-37-28)34(46-2)47-3)24-7-5-9-26(30(24)35)39-32(43)27-12-10-20(15-36-27)17-40-18-22(41)14-29(40)33(44)45/h4-13,15-16,22,29,34,41H,14,17-18H2,1-3H3,(H,38,42)(H,39,43)(H,44,45)/t22-,29+/m1/s1. The Balaban J connectivity index is 1.28. The van der Waals surface area contributed by atoms with Crippen LogP contribution in [0, 0.1) is 6.92 Å². The molecule has 244 valence electrons. The second kappa shape index (κ2) is 14.8. The summed E-state index contributed by atoms with van der Waals surface area (Å²) in [6.45, 7) is 2.39. The van der Waals surface area contributed by atoms with Crippen molar-refractivity contribution >= 4 is 40.8 Å². The molecule has 1 fully saturated rings. The highest BCUT2D eigenvalue weighted by Crippen LogP contribution is 2.37. The van der Waals surface area contributed by atoms with E-state index in [4.69, 9.17) is 21.1 Å². The highest BCUT2D eigenvalue weighted by Gasteiger charge is 2.35. The third-order valence-corrected chi connectivity index (χ3v) is 8.36. The summed E-state index contributed by atoms with van der Waals surface area (Å²) in [6, 6.07) is 16.5. The number of β-amino-alcohol motifs (C(OH)–C–C–N with tert-alkyl or cyclic N) is 1. The van der Waals surface area contributed by atoms with Crippen molar-refractivity contribution < 1.29 is 34.1 Å². The van der Waals surface area contributed by atoms with E-state index in [0.29, 0.717) is 33.1 Å². The molecular formula is C34H34ClN5O7. The van der Waals surface area contributed by atoms with Crippen molar-refractivity contribution in [3.05, 3.63) is 106 Å². The van der Waals surface area contributed by atoms with Crippen LogP contribution in [-0.4, -0.2) is 75.8 Å². The second-order valence-electron chi connectivity index (χ2n) is 11.1. The highest BCUT2D eigenvalue weighted by atomic mass is 35.5. The summed E-state index contributed by atoms with van der Waals surface area (Å²) in [5, 5.41) is 25.4. The van der Waals surface area contributed by atoms with Crippen LogP contribution in [-0.2, 0) is 20.8 Å². The molecule has 0 spiro atoms. The molecule has 0 aliphatic carbocycles. The maximum atomic E-state index is 13.1. The van der Waals surface area contributed by atoms with Gasteiger partial charge < -0.3 is 30.3 Å². The fourth-order valence-electron chi connectivity index (χ4n) is 5.52. The SMILES string of the molecule is COC(OC)c1ccc(C(=O)Nc2cccc(-c3cccc(NC(=O)c4ccc(CN5C[C@H](O)C[C@H]5C(=O)O)cn4)c3Cl)c2C)nc1. The van der Waals surface area contributed by atoms with Crippen LogP contribution in [0.15, 0.2) is 73.1 Å². The molecule has 4 aromatic rings. The van der Waals surface area contributed by atoms with Gasteiger partial charge in [0.25, 0.3) is 11.8 Å². The maximum absolute atomic E-state index is 13.1. The molecule has 5 rings (SSSR count). The number of likely N-dealkylation sites (tertiary alicyclic amines) is 1. The first kappa shape index (κ1) is 33.6. The van der Waals surface area contributed by atoms with Gasteiger partial charge in [0.05, 0.1) is 16.8 Å². The molecule has 0 saturated carbocycles. The van der Waals surface area contributed by atoms with Gasteiger partial charge in [-0.3, -0.25) is 29.3 Å². The number of nitrogens with one attached hydrogen (secondary N) is 2. The fourth-order valence-corrected chi connectivity index (χ4v) is 5.79. The number of hydrogen-bond donors (Lipinski definition) is 4. The summed E-state index contributed by atoms with van der Waals surface area (Å²) < 4.78 is 10.5. The molecule has 4 N–H and O–H groups in total. The normalized spacial score (nSPS) is 16.3. The minimum Gasteiger partial charge on any atom is -0.480 e. The first-order valence-corrected chi connectivity index (χ1v) is 15.1. The second-order valence-corrected chi connectivity index (χ2v) is 11.4. The molecule has 1 saturated heterocycles. The Morgan fingerprint density at radius 1 is 0.915 bits per heavy atom. The predicted octanol–water partition coefficient (Wildman–Crippen LogP) is 4.92. The average Bonchev–Trinajstić information content (AvgIpc) is 3.44. The summed E-state index contributed by atoms with van der Waals surface area (Å²) in [4.78, 5) is 47.8. The summed E-state index contributed by atoms with van der Waals surface area (Å²) in [7, 11) is 3.03. The Bertz CT molecular complexity index is 1760. The molecule has 2 aromatic carbocycles. The van der Waals surface area contributed by atoms with Gasteiger partial charge in [0.2, 0.25) is 0 Å². The van der Waals surface area contributed by atoms with Gasteiger partial charge in [0, 0.05) is 62.9 Å². The zero-order valence-corrected chi connectivity index (χ0v) is 26.7. The summed E-state index contributed by atoms with van der Waals surface area (Å²) in [5.74, 6) is -1.86. The average molecular weight is 660 g/mol. The van der Waals surface area contributed by atoms with Crippen LogP contribution in [0.1, 0.15) is 50.4 Å². The largest absolute Gasteiger partial charge is 0.480 e. The number of benzene rings is 2. The number of pyridine rings is 2. The number of anilines is 2. The monoisotopic (exact) mass is 659 g/mol. The van der Waals surface area contributed by atoms with Gasteiger partial charge >= 0.3 is 5.97 Å². The molecule has 0 bridgehead atoms. The van der Waals surface area contributed by atoms with Crippen molar-refractivity contribution in [2.24, 2.45) is 0 Å². The number of rotatable bonds is 11. The number of carbonyl (C=O) groups is 3. The van der Waals surface area contributed by atoms with Crippen LogP contribution < -0.4 is 10.6 Å². The number of methoxy groups -OCH3 is 2. The van der Waals surface area contributed by atoms with Crippen molar-refractivity contribution in [2.75, 3.05) is 31.4 Å². The number of aliphatic carboxylic acids is 1. The minimum absolute atomic E-state index is 0.147. The Hall–Kier alpha value is -4.72. The van der Waals surface area contributed by atoms with Gasteiger partial charge in [-0.05, 0) is 47.9 Å². The number of ether oxygens (including phenoxy) is 2. The minimum atomic E-state index is -0.987. The zero-order chi connectivity index (χ0) is 33.7. The van der Waals surface area contributed by atoms with Gasteiger partial charge in [-0.2, -0.15) is 0 Å². The molecule has 3 heterocycles. The van der Waals surface area contributed by atoms with Crippen LogP contribution in [0.25, 0.3) is 11.1 Å². The van der Waals surface area contributed by atoms with Crippen molar-refractivity contribution in [3.63, 3.8) is 0 Å². The Labute approximate surface area is 276 Å². The summed E-state index contributed by atoms with van der Waals surface area (Å²) >= 11 is 6.81. The number of carboxylic acid groups (broad SMARTS) is 1. The lowest BCUT2D eigenvalue weighted by Crippen LogP contribution is -2.35. The summed E-state index contributed by atoms with van der Waals surface area (Å²) in [6.07, 6.45) is 1.92. The van der Waals surface area contributed by atoms with E-state index in [0.717, 1.165) is 11.1 Å². The van der Waals surface area contributed by atoms with Crippen molar-refractivity contribution in [1.82, 2.24) is 14.9 Å². The molecule has 0 unspecified atom stereocenters. The van der Waals surface area contributed by atoms with Gasteiger partial charge in [0.15, 0.2) is 6.29 Å². The van der Waals surface area contributed by atoms with Gasteiger partial charge in [0.1, 0.15) is 17.4 Å². The number of carboxylic acids is 1. The van der Waals surface area contributed by atoms with E-state index >= 15 is 0 Å². The molecule has 2 amide bonds. The third-order valence-electron chi connectivity index (χ3n) is 7.95.